The van der Waals surface area contributed by atoms with Crippen LogP contribution in [-0.2, 0) is 4.79 Å². The molecule has 0 spiro atoms. The van der Waals surface area contributed by atoms with E-state index >= 15 is 0 Å². The zero-order valence-electron chi connectivity index (χ0n) is 10.7. The van der Waals surface area contributed by atoms with Crippen molar-refractivity contribution >= 4 is 35.6 Å². The zero-order valence-corrected chi connectivity index (χ0v) is 12.4. The monoisotopic (exact) mass is 303 g/mol. The molecule has 1 fully saturated rings. The van der Waals surface area contributed by atoms with Gasteiger partial charge in [0.1, 0.15) is 0 Å². The topological polar surface area (TPSA) is 61.4 Å². The van der Waals surface area contributed by atoms with Crippen molar-refractivity contribution in [3.8, 4) is 0 Å². The van der Waals surface area contributed by atoms with Crippen molar-refractivity contribution < 1.29 is 9.59 Å². The van der Waals surface area contributed by atoms with Crippen LogP contribution in [0.4, 0.5) is 0 Å². The molecule has 2 N–H and O–H groups in total. The van der Waals surface area contributed by atoms with Gasteiger partial charge < -0.3 is 15.5 Å². The SMILES string of the molecule is CC1CN(C(=O)CNC(=O)c2cccs2)CCN1.Cl. The van der Waals surface area contributed by atoms with Crippen molar-refractivity contribution in [2.45, 2.75) is 13.0 Å². The second kappa shape index (κ2) is 7.47. The van der Waals surface area contributed by atoms with Crippen LogP contribution in [0.15, 0.2) is 17.5 Å². The van der Waals surface area contributed by atoms with Crippen molar-refractivity contribution in [3.63, 3.8) is 0 Å². The van der Waals surface area contributed by atoms with Gasteiger partial charge in [0.15, 0.2) is 0 Å². The van der Waals surface area contributed by atoms with Crippen LogP contribution in [-0.4, -0.2) is 48.9 Å². The summed E-state index contributed by atoms with van der Waals surface area (Å²) in [6.07, 6.45) is 0. The molecular weight excluding hydrogens is 286 g/mol. The first-order valence-electron chi connectivity index (χ1n) is 5.99. The lowest BCUT2D eigenvalue weighted by Gasteiger charge is -2.31. The number of nitrogens with one attached hydrogen (secondary N) is 2. The molecule has 1 aromatic rings. The van der Waals surface area contributed by atoms with Gasteiger partial charge in [-0.3, -0.25) is 9.59 Å². The number of hydrogen-bond donors (Lipinski definition) is 2. The molecule has 1 unspecified atom stereocenters. The maximum absolute atomic E-state index is 11.9. The molecule has 2 amide bonds. The summed E-state index contributed by atoms with van der Waals surface area (Å²) in [6, 6.07) is 3.88. The van der Waals surface area contributed by atoms with Gasteiger partial charge in [0.05, 0.1) is 11.4 Å². The van der Waals surface area contributed by atoms with E-state index in [9.17, 15) is 9.59 Å². The Morgan fingerprint density at radius 1 is 1.58 bits per heavy atom. The fourth-order valence-electron chi connectivity index (χ4n) is 1.92. The molecule has 2 heterocycles. The Hall–Kier alpha value is -1.11. The average molecular weight is 304 g/mol. The molecule has 0 radical (unpaired) electrons. The Kier molecular flexibility index (Phi) is 6.27. The summed E-state index contributed by atoms with van der Waals surface area (Å²) in [5, 5.41) is 7.77. The van der Waals surface area contributed by atoms with Crippen molar-refractivity contribution in [1.82, 2.24) is 15.5 Å². The van der Waals surface area contributed by atoms with Crippen LogP contribution in [0.2, 0.25) is 0 Å². The second-order valence-electron chi connectivity index (χ2n) is 4.35. The van der Waals surface area contributed by atoms with E-state index in [4.69, 9.17) is 0 Å². The first-order chi connectivity index (χ1) is 8.66. The van der Waals surface area contributed by atoms with Gasteiger partial charge in [-0.25, -0.2) is 0 Å². The fourth-order valence-corrected chi connectivity index (χ4v) is 2.56. The third-order valence-electron chi connectivity index (χ3n) is 2.87. The minimum atomic E-state index is -0.179. The summed E-state index contributed by atoms with van der Waals surface area (Å²) in [4.78, 5) is 26.0. The van der Waals surface area contributed by atoms with Gasteiger partial charge in [-0.05, 0) is 18.4 Å². The number of amides is 2. The van der Waals surface area contributed by atoms with Crippen LogP contribution in [0.1, 0.15) is 16.6 Å². The van der Waals surface area contributed by atoms with E-state index in [2.05, 4.69) is 10.6 Å². The third kappa shape index (κ3) is 4.49. The molecule has 1 atom stereocenters. The number of piperazine rings is 1. The summed E-state index contributed by atoms with van der Waals surface area (Å²) in [6.45, 7) is 4.34. The Bertz CT molecular complexity index is 425. The number of rotatable bonds is 3. The van der Waals surface area contributed by atoms with Crippen molar-refractivity contribution in [3.05, 3.63) is 22.4 Å². The van der Waals surface area contributed by atoms with Gasteiger partial charge in [-0.2, -0.15) is 0 Å². The molecule has 1 aliphatic heterocycles. The van der Waals surface area contributed by atoms with E-state index in [0.717, 1.165) is 6.54 Å². The molecule has 0 bridgehead atoms. The van der Waals surface area contributed by atoms with Crippen molar-refractivity contribution in [2.75, 3.05) is 26.2 Å². The molecule has 1 saturated heterocycles. The number of hydrogen-bond acceptors (Lipinski definition) is 4. The molecule has 19 heavy (non-hydrogen) atoms. The fraction of sp³-hybridized carbons (Fsp3) is 0.500. The molecule has 1 aromatic heterocycles. The summed E-state index contributed by atoms with van der Waals surface area (Å²) in [5.41, 5.74) is 0. The quantitative estimate of drug-likeness (QED) is 0.865. The molecule has 106 valence electrons. The smallest absolute Gasteiger partial charge is 0.261 e. The van der Waals surface area contributed by atoms with Crippen LogP contribution >= 0.6 is 23.7 Å². The highest BCUT2D eigenvalue weighted by Crippen LogP contribution is 2.07. The maximum Gasteiger partial charge on any atom is 0.261 e. The largest absolute Gasteiger partial charge is 0.342 e. The highest BCUT2D eigenvalue weighted by atomic mass is 35.5. The Labute approximate surface area is 122 Å². The number of nitrogens with zero attached hydrogens (tertiary/aromatic N) is 1. The molecule has 1 aliphatic rings. The van der Waals surface area contributed by atoms with Crippen molar-refractivity contribution in [1.29, 1.82) is 0 Å². The number of thiophene rings is 1. The van der Waals surface area contributed by atoms with E-state index in [1.54, 1.807) is 11.0 Å². The molecular formula is C12H18ClN3O2S. The molecule has 0 aliphatic carbocycles. The first kappa shape index (κ1) is 15.9. The van der Waals surface area contributed by atoms with Gasteiger partial charge >= 0.3 is 0 Å². The normalized spacial score (nSPS) is 18.6. The maximum atomic E-state index is 11.9. The van der Waals surface area contributed by atoms with Crippen LogP contribution in [0.3, 0.4) is 0 Å². The Morgan fingerprint density at radius 3 is 3.00 bits per heavy atom. The average Bonchev–Trinajstić information content (AvgIpc) is 2.89. The standard InChI is InChI=1S/C12H17N3O2S.ClH/c1-9-8-15(5-4-13-9)11(16)7-14-12(17)10-3-2-6-18-10;/h2-3,6,9,13H,4-5,7-8H2,1H3,(H,14,17);1H. The minimum absolute atomic E-state index is 0. The summed E-state index contributed by atoms with van der Waals surface area (Å²) < 4.78 is 0. The number of carbonyl (C=O) groups is 2. The van der Waals surface area contributed by atoms with E-state index in [-0.39, 0.29) is 30.8 Å². The van der Waals surface area contributed by atoms with E-state index < -0.39 is 0 Å². The number of carbonyl (C=O) groups excluding carboxylic acids is 2. The van der Waals surface area contributed by atoms with Gasteiger partial charge in [0, 0.05) is 25.7 Å². The van der Waals surface area contributed by atoms with Gasteiger partial charge in [0.25, 0.3) is 5.91 Å². The molecule has 2 rings (SSSR count). The number of halogens is 1. The predicted molar refractivity (Wildman–Crippen MR) is 77.9 cm³/mol. The first-order valence-corrected chi connectivity index (χ1v) is 6.87. The van der Waals surface area contributed by atoms with Crippen molar-refractivity contribution in [2.24, 2.45) is 0 Å². The van der Waals surface area contributed by atoms with Gasteiger partial charge in [0.2, 0.25) is 5.91 Å². The molecule has 0 saturated carbocycles. The lowest BCUT2D eigenvalue weighted by Crippen LogP contribution is -2.53. The van der Waals surface area contributed by atoms with Crippen LogP contribution in [0.25, 0.3) is 0 Å². The second-order valence-corrected chi connectivity index (χ2v) is 5.30. The lowest BCUT2D eigenvalue weighted by atomic mass is 10.2. The predicted octanol–water partition coefficient (Wildman–Crippen LogP) is 0.720. The Balaban J connectivity index is 0.00000180. The zero-order chi connectivity index (χ0) is 13.0. The van der Waals surface area contributed by atoms with E-state index in [1.165, 1.54) is 11.3 Å². The molecule has 0 aromatic carbocycles. The van der Waals surface area contributed by atoms with Crippen LogP contribution in [0.5, 0.6) is 0 Å². The van der Waals surface area contributed by atoms with Crippen LogP contribution < -0.4 is 10.6 Å². The highest BCUT2D eigenvalue weighted by Gasteiger charge is 2.20. The molecule has 5 nitrogen and oxygen atoms in total. The lowest BCUT2D eigenvalue weighted by molar-refractivity contribution is -0.131. The van der Waals surface area contributed by atoms with Crippen LogP contribution in [0, 0.1) is 0 Å². The Morgan fingerprint density at radius 2 is 2.37 bits per heavy atom. The third-order valence-corrected chi connectivity index (χ3v) is 3.74. The highest BCUT2D eigenvalue weighted by molar-refractivity contribution is 7.12. The van der Waals surface area contributed by atoms with Gasteiger partial charge in [-0.1, -0.05) is 6.07 Å². The van der Waals surface area contributed by atoms with E-state index in [1.807, 2.05) is 18.4 Å². The summed E-state index contributed by atoms with van der Waals surface area (Å²) >= 11 is 1.37. The minimum Gasteiger partial charge on any atom is -0.342 e. The summed E-state index contributed by atoms with van der Waals surface area (Å²) in [7, 11) is 0. The van der Waals surface area contributed by atoms with Gasteiger partial charge in [-0.15, -0.1) is 23.7 Å². The van der Waals surface area contributed by atoms with E-state index in [0.29, 0.717) is 24.0 Å². The summed E-state index contributed by atoms with van der Waals surface area (Å²) in [5.74, 6) is -0.199. The molecule has 7 heteroatoms.